The van der Waals surface area contributed by atoms with Crippen LogP contribution in [0.3, 0.4) is 0 Å². The van der Waals surface area contributed by atoms with Crippen LogP contribution in [0.1, 0.15) is 42.9 Å². The molecule has 8 heteroatoms. The maximum atomic E-state index is 6.87. The molecule has 0 radical (unpaired) electrons. The van der Waals surface area contributed by atoms with Gasteiger partial charge >= 0.3 is 0 Å². The molecule has 2 aliphatic rings. The fraction of sp³-hybridized carbons (Fsp3) is 0.360. The van der Waals surface area contributed by atoms with Crippen molar-refractivity contribution in [3.8, 4) is 0 Å². The number of nitrogens with one attached hydrogen (secondary N) is 1. The van der Waals surface area contributed by atoms with E-state index in [9.17, 15) is 0 Å². The number of benzene rings is 1. The molecule has 172 valence electrons. The van der Waals surface area contributed by atoms with E-state index in [2.05, 4.69) is 52.1 Å². The molecule has 2 fully saturated rings. The first-order valence-electron chi connectivity index (χ1n) is 11.2. The zero-order chi connectivity index (χ0) is 23.1. The number of anilines is 2. The molecule has 4 atom stereocenters. The number of aromatic nitrogens is 1. The van der Waals surface area contributed by atoms with Crippen molar-refractivity contribution < 1.29 is 0 Å². The van der Waals surface area contributed by atoms with Gasteiger partial charge in [0.25, 0.3) is 0 Å². The first kappa shape index (κ1) is 22.9. The Morgan fingerprint density at radius 2 is 1.85 bits per heavy atom. The van der Waals surface area contributed by atoms with Crippen molar-refractivity contribution in [2.45, 2.75) is 32.4 Å². The smallest absolute Gasteiger partial charge is 0.174 e. The van der Waals surface area contributed by atoms with Crippen LogP contribution in [0.4, 0.5) is 11.4 Å². The molecule has 33 heavy (non-hydrogen) atoms. The standard InChI is InChI=1S/C25H26Cl2N4S2/c1-15-11-16(2)14-30(13-15)20-7-6-17(12-18(20)26)31-24(21-8-9-22(27)33-21)23(29-25(31)32)19-5-3-4-10-28-19/h3-10,12,15-16,23-24H,11,13-14H2,1-2H3,(H,29,32)/t15-,16+,23-,24+/m1/s1. The first-order valence-corrected chi connectivity index (χ1v) is 13.2. The highest BCUT2D eigenvalue weighted by Gasteiger charge is 2.41. The van der Waals surface area contributed by atoms with Crippen molar-refractivity contribution >= 4 is 63.2 Å². The van der Waals surface area contributed by atoms with Crippen LogP contribution < -0.4 is 15.1 Å². The third kappa shape index (κ3) is 4.59. The SMILES string of the molecule is C[C@@H]1C[C@H](C)CN(c2ccc(N3C(=S)N[C@H](c4ccccn4)[C@@H]3c3ccc(Cl)s3)cc2Cl)C1. The molecule has 2 saturated heterocycles. The summed E-state index contributed by atoms with van der Waals surface area (Å²) in [6, 6.07) is 16.1. The molecule has 0 unspecified atom stereocenters. The van der Waals surface area contributed by atoms with Crippen molar-refractivity contribution in [1.82, 2.24) is 10.3 Å². The molecule has 4 nitrogen and oxygen atoms in total. The van der Waals surface area contributed by atoms with E-state index in [1.165, 1.54) is 6.42 Å². The van der Waals surface area contributed by atoms with Crippen LogP contribution in [0.2, 0.25) is 9.36 Å². The molecule has 0 amide bonds. The van der Waals surface area contributed by atoms with Gasteiger partial charge in [-0.2, -0.15) is 0 Å². The number of hydrogen-bond acceptors (Lipinski definition) is 4. The summed E-state index contributed by atoms with van der Waals surface area (Å²) in [6.45, 7) is 6.69. The summed E-state index contributed by atoms with van der Waals surface area (Å²) < 4.78 is 0.754. The molecule has 0 spiro atoms. The van der Waals surface area contributed by atoms with Crippen molar-refractivity contribution in [1.29, 1.82) is 0 Å². The molecule has 1 aromatic carbocycles. The zero-order valence-corrected chi connectivity index (χ0v) is 21.7. The van der Waals surface area contributed by atoms with Crippen LogP contribution in [0, 0.1) is 11.8 Å². The van der Waals surface area contributed by atoms with Gasteiger partial charge in [0.1, 0.15) is 0 Å². The molecule has 1 N–H and O–H groups in total. The van der Waals surface area contributed by atoms with Gasteiger partial charge < -0.3 is 15.1 Å². The average molecular weight is 518 g/mol. The minimum atomic E-state index is -0.0873. The maximum Gasteiger partial charge on any atom is 0.174 e. The predicted octanol–water partition coefficient (Wildman–Crippen LogP) is 7.11. The van der Waals surface area contributed by atoms with E-state index in [1.54, 1.807) is 11.3 Å². The number of nitrogens with zero attached hydrogens (tertiary/aromatic N) is 3. The summed E-state index contributed by atoms with van der Waals surface area (Å²) in [7, 11) is 0. The summed E-state index contributed by atoms with van der Waals surface area (Å²) in [6.07, 6.45) is 3.08. The summed E-state index contributed by atoms with van der Waals surface area (Å²) in [5.74, 6) is 1.32. The fourth-order valence-corrected chi connectivity index (χ4v) is 7.00. The van der Waals surface area contributed by atoms with E-state index < -0.39 is 0 Å². The summed E-state index contributed by atoms with van der Waals surface area (Å²) in [5.41, 5.74) is 3.00. The van der Waals surface area contributed by atoms with Gasteiger partial charge in [0.05, 0.1) is 32.8 Å². The highest BCUT2D eigenvalue weighted by Crippen LogP contribution is 2.45. The van der Waals surface area contributed by atoms with Crippen LogP contribution in [0.5, 0.6) is 0 Å². The van der Waals surface area contributed by atoms with Gasteiger partial charge in [-0.1, -0.05) is 43.1 Å². The van der Waals surface area contributed by atoms with E-state index in [4.69, 9.17) is 35.4 Å². The Hall–Kier alpha value is -1.86. The largest absolute Gasteiger partial charge is 0.370 e. The molecule has 4 heterocycles. The number of thiophene rings is 1. The quantitative estimate of drug-likeness (QED) is 0.373. The second-order valence-corrected chi connectivity index (χ2v) is 11.7. The number of rotatable bonds is 4. The average Bonchev–Trinajstić information content (AvgIpc) is 3.36. The van der Waals surface area contributed by atoms with Gasteiger partial charge in [0.2, 0.25) is 0 Å². The molecular weight excluding hydrogens is 491 g/mol. The highest BCUT2D eigenvalue weighted by atomic mass is 35.5. The van der Waals surface area contributed by atoms with Crippen molar-refractivity contribution in [2.24, 2.45) is 11.8 Å². The first-order chi connectivity index (χ1) is 15.9. The number of thiocarbonyl (C=S) groups is 1. The third-order valence-corrected chi connectivity index (χ3v) is 8.32. The third-order valence-electron chi connectivity index (χ3n) is 6.40. The lowest BCUT2D eigenvalue weighted by Crippen LogP contribution is -2.38. The molecule has 0 aliphatic carbocycles. The Labute approximate surface area is 214 Å². The van der Waals surface area contributed by atoms with E-state index in [0.717, 1.165) is 44.4 Å². The lowest BCUT2D eigenvalue weighted by molar-refractivity contribution is 0.357. The molecule has 0 bridgehead atoms. The number of hydrogen-bond donors (Lipinski definition) is 1. The molecule has 3 aromatic rings. The maximum absolute atomic E-state index is 6.87. The van der Waals surface area contributed by atoms with Crippen molar-refractivity contribution in [3.05, 3.63) is 74.7 Å². The number of piperidine rings is 1. The van der Waals surface area contributed by atoms with E-state index in [1.807, 2.05) is 36.5 Å². The molecule has 0 saturated carbocycles. The molecule has 2 aromatic heterocycles. The van der Waals surface area contributed by atoms with Gasteiger partial charge in [-0.05, 0) is 72.9 Å². The second kappa shape index (κ2) is 9.41. The Balaban J connectivity index is 1.51. The molecule has 2 aliphatic heterocycles. The lowest BCUT2D eigenvalue weighted by atomic mass is 9.91. The summed E-state index contributed by atoms with van der Waals surface area (Å²) >= 11 is 20.6. The highest BCUT2D eigenvalue weighted by molar-refractivity contribution is 7.80. The number of pyridine rings is 1. The van der Waals surface area contributed by atoms with Crippen LogP contribution in [0.15, 0.2) is 54.7 Å². The topological polar surface area (TPSA) is 31.4 Å². The van der Waals surface area contributed by atoms with Gasteiger partial charge in [0, 0.05) is 29.9 Å². The number of halogens is 2. The summed E-state index contributed by atoms with van der Waals surface area (Å²) in [5, 5.41) is 4.90. The Morgan fingerprint density at radius 3 is 2.48 bits per heavy atom. The Bertz CT molecular complexity index is 1140. The molecule has 5 rings (SSSR count). The Morgan fingerprint density at radius 1 is 1.06 bits per heavy atom. The Kier molecular flexibility index (Phi) is 6.54. The van der Waals surface area contributed by atoms with E-state index >= 15 is 0 Å². The van der Waals surface area contributed by atoms with Crippen LogP contribution in [0.25, 0.3) is 0 Å². The minimum Gasteiger partial charge on any atom is -0.370 e. The normalized spacial score (nSPS) is 25.4. The lowest BCUT2D eigenvalue weighted by Gasteiger charge is -2.37. The van der Waals surface area contributed by atoms with Crippen LogP contribution in [-0.4, -0.2) is 23.2 Å². The van der Waals surface area contributed by atoms with Gasteiger partial charge in [-0.15, -0.1) is 11.3 Å². The minimum absolute atomic E-state index is 0.0677. The molecular formula is C25H26Cl2N4S2. The van der Waals surface area contributed by atoms with E-state index in [0.29, 0.717) is 16.9 Å². The van der Waals surface area contributed by atoms with Crippen LogP contribution >= 0.6 is 46.8 Å². The monoisotopic (exact) mass is 516 g/mol. The van der Waals surface area contributed by atoms with E-state index in [-0.39, 0.29) is 12.1 Å². The van der Waals surface area contributed by atoms with Gasteiger partial charge in [0.15, 0.2) is 5.11 Å². The van der Waals surface area contributed by atoms with Gasteiger partial charge in [-0.3, -0.25) is 4.98 Å². The second-order valence-electron chi connectivity index (χ2n) is 9.13. The van der Waals surface area contributed by atoms with Gasteiger partial charge in [-0.25, -0.2) is 0 Å². The van der Waals surface area contributed by atoms with Crippen molar-refractivity contribution in [2.75, 3.05) is 22.9 Å². The fourth-order valence-electron chi connectivity index (χ4n) is 5.17. The van der Waals surface area contributed by atoms with Crippen LogP contribution in [-0.2, 0) is 0 Å². The van der Waals surface area contributed by atoms with Crippen molar-refractivity contribution in [3.63, 3.8) is 0 Å². The summed E-state index contributed by atoms with van der Waals surface area (Å²) in [4.78, 5) is 10.3. The predicted molar refractivity (Wildman–Crippen MR) is 144 cm³/mol. The zero-order valence-electron chi connectivity index (χ0n) is 18.5.